The predicted octanol–water partition coefficient (Wildman–Crippen LogP) is 5.37. The molecule has 2 amide bonds. The molecule has 0 aliphatic carbocycles. The molecule has 0 aliphatic heterocycles. The number of amides is 2. The molecule has 0 bridgehead atoms. The van der Waals surface area contributed by atoms with Crippen LogP contribution in [0.5, 0.6) is 0 Å². The van der Waals surface area contributed by atoms with Crippen molar-refractivity contribution < 1.29 is 19.2 Å². The summed E-state index contributed by atoms with van der Waals surface area (Å²) in [5, 5.41) is 3.79. The van der Waals surface area contributed by atoms with Crippen LogP contribution in [0.2, 0.25) is 0 Å². The topological polar surface area (TPSA) is 81.6 Å². The average Bonchev–Trinajstić information content (AvgIpc) is 3.14. The highest BCUT2D eigenvalue weighted by Gasteiger charge is 2.26. The summed E-state index contributed by atoms with van der Waals surface area (Å²) in [6.45, 7) is 10.9. The molecule has 188 valence electrons. The van der Waals surface area contributed by atoms with Gasteiger partial charge in [-0.2, -0.15) is 0 Å². The van der Waals surface area contributed by atoms with E-state index in [2.05, 4.69) is 41.5 Å². The fourth-order valence-corrected chi connectivity index (χ4v) is 3.78. The number of hydrogen-bond acceptors (Lipinski definition) is 4. The summed E-state index contributed by atoms with van der Waals surface area (Å²) in [7, 11) is 0. The fourth-order valence-electron chi connectivity index (χ4n) is 3.78. The Kier molecular flexibility index (Phi) is 8.93. The van der Waals surface area contributed by atoms with Crippen molar-refractivity contribution in [2.75, 3.05) is 0 Å². The summed E-state index contributed by atoms with van der Waals surface area (Å²) in [6.07, 6.45) is 2.78. The van der Waals surface area contributed by atoms with Gasteiger partial charge in [0.2, 0.25) is 0 Å². The van der Waals surface area contributed by atoms with E-state index in [0.717, 1.165) is 35.0 Å². The highest BCUT2D eigenvalue weighted by Crippen LogP contribution is 2.24. The lowest BCUT2D eigenvalue weighted by atomic mass is 10.0. The molecule has 0 saturated heterocycles. The number of fused-ring (bicyclic) bond motifs is 1. The molecule has 2 N–H and O–H groups in total. The number of benzene rings is 2. The Labute approximate surface area is 207 Å². The van der Waals surface area contributed by atoms with Crippen LogP contribution in [-0.4, -0.2) is 28.2 Å². The van der Waals surface area contributed by atoms with Gasteiger partial charge >= 0.3 is 6.09 Å². The van der Waals surface area contributed by atoms with Crippen molar-refractivity contribution in [2.24, 2.45) is 5.92 Å². The molecule has 35 heavy (non-hydrogen) atoms. The Hall–Kier alpha value is -3.32. The maximum atomic E-state index is 13.1. The normalized spacial score (nSPS) is 12.5. The summed E-state index contributed by atoms with van der Waals surface area (Å²) in [5.41, 5.74) is 4.83. The highest BCUT2D eigenvalue weighted by molar-refractivity contribution is 5.88. The zero-order valence-electron chi connectivity index (χ0n) is 21.3. The molecule has 3 aromatic rings. The summed E-state index contributed by atoms with van der Waals surface area (Å²) in [4.78, 5) is 31.1. The Morgan fingerprint density at radius 3 is 2.37 bits per heavy atom. The van der Waals surface area contributed by atoms with Gasteiger partial charge in [0.1, 0.15) is 11.6 Å². The van der Waals surface area contributed by atoms with Crippen LogP contribution in [0.3, 0.4) is 0 Å². The number of nitrogens with one attached hydrogen (secondary N) is 2. The van der Waals surface area contributed by atoms with Gasteiger partial charge in [0, 0.05) is 30.1 Å². The lowest BCUT2D eigenvalue weighted by Gasteiger charge is -2.23. The second-order valence-corrected chi connectivity index (χ2v) is 10.2. The minimum absolute atomic E-state index is 0.222. The summed E-state index contributed by atoms with van der Waals surface area (Å²) in [6, 6.07) is 16.8. The fraction of sp³-hybridized carbons (Fsp3) is 0.429. The molecule has 1 heterocycles. The molecule has 0 unspecified atom stereocenters. The number of para-hydroxylation sites is 1. The van der Waals surface area contributed by atoms with E-state index in [1.54, 1.807) is 20.8 Å². The number of nitrogens with zero attached hydrogens (tertiary/aromatic N) is 1. The Bertz CT molecular complexity index is 1120. The van der Waals surface area contributed by atoms with Gasteiger partial charge in [-0.05, 0) is 50.3 Å². The predicted molar refractivity (Wildman–Crippen MR) is 138 cm³/mol. The minimum Gasteiger partial charge on any atom is -0.444 e. The third kappa shape index (κ3) is 8.14. The van der Waals surface area contributed by atoms with E-state index in [9.17, 15) is 9.59 Å². The average molecular weight is 480 g/mol. The first-order chi connectivity index (χ1) is 16.6. The molecule has 3 rings (SSSR count). The van der Waals surface area contributed by atoms with Gasteiger partial charge in [0.25, 0.3) is 5.91 Å². The molecule has 1 atom stereocenters. The largest absolute Gasteiger partial charge is 0.444 e. The van der Waals surface area contributed by atoms with Gasteiger partial charge in [-0.3, -0.25) is 9.63 Å². The Morgan fingerprint density at radius 2 is 1.69 bits per heavy atom. The maximum Gasteiger partial charge on any atom is 0.408 e. The van der Waals surface area contributed by atoms with Gasteiger partial charge in [-0.25, -0.2) is 10.3 Å². The van der Waals surface area contributed by atoms with Crippen LogP contribution in [-0.2, 0) is 33.9 Å². The van der Waals surface area contributed by atoms with E-state index in [-0.39, 0.29) is 6.61 Å². The maximum absolute atomic E-state index is 13.1. The van der Waals surface area contributed by atoms with Crippen LogP contribution < -0.4 is 10.8 Å². The van der Waals surface area contributed by atoms with Gasteiger partial charge in [0.05, 0.1) is 6.61 Å². The quantitative estimate of drug-likeness (QED) is 0.383. The van der Waals surface area contributed by atoms with E-state index in [1.165, 1.54) is 0 Å². The first kappa shape index (κ1) is 26.3. The number of alkyl carbamates (subject to hydrolysis) is 1. The van der Waals surface area contributed by atoms with Crippen LogP contribution in [0.15, 0.2) is 60.8 Å². The highest BCUT2D eigenvalue weighted by atomic mass is 16.7. The number of hydrogen-bond donors (Lipinski definition) is 2. The monoisotopic (exact) mass is 479 g/mol. The molecule has 0 spiro atoms. The molecule has 0 aliphatic rings. The van der Waals surface area contributed by atoms with Crippen molar-refractivity contribution in [3.8, 4) is 0 Å². The molecule has 7 nitrogen and oxygen atoms in total. The van der Waals surface area contributed by atoms with Crippen LogP contribution in [0.1, 0.15) is 52.2 Å². The molecule has 0 fully saturated rings. The molecule has 7 heteroatoms. The first-order valence-electron chi connectivity index (χ1n) is 12.1. The SMILES string of the molecule is CC(C)CCn1cc(C[C@H](NC(=O)OC(C)(C)C)C(=O)NOCc2ccccc2)c2ccccc21. The minimum atomic E-state index is -0.870. The lowest BCUT2D eigenvalue weighted by molar-refractivity contribution is -0.136. The third-order valence-corrected chi connectivity index (χ3v) is 5.50. The number of aromatic nitrogens is 1. The number of ether oxygens (including phenoxy) is 1. The number of aryl methyl sites for hydroxylation is 1. The summed E-state index contributed by atoms with van der Waals surface area (Å²) in [5.74, 6) is 0.138. The Balaban J connectivity index is 1.78. The van der Waals surface area contributed by atoms with Gasteiger partial charge in [-0.15, -0.1) is 0 Å². The van der Waals surface area contributed by atoms with Crippen molar-refractivity contribution >= 4 is 22.9 Å². The number of carbonyl (C=O) groups excluding carboxylic acids is 2. The van der Waals surface area contributed by atoms with E-state index in [0.29, 0.717) is 12.3 Å². The van der Waals surface area contributed by atoms with Crippen molar-refractivity contribution in [3.05, 3.63) is 71.9 Å². The van der Waals surface area contributed by atoms with Gasteiger partial charge in [-0.1, -0.05) is 62.4 Å². The Morgan fingerprint density at radius 1 is 1.00 bits per heavy atom. The summed E-state index contributed by atoms with van der Waals surface area (Å²) < 4.78 is 7.63. The zero-order valence-corrected chi connectivity index (χ0v) is 21.3. The standard InChI is InChI=1S/C28H37N3O4/c1-20(2)15-16-31-18-22(23-13-9-10-14-25(23)31)17-24(29-27(33)35-28(3,4)5)26(32)30-34-19-21-11-7-6-8-12-21/h6-14,18,20,24H,15-17,19H2,1-5H3,(H,29,33)(H,30,32)/t24-/m0/s1. The second kappa shape index (κ2) is 11.9. The smallest absolute Gasteiger partial charge is 0.408 e. The number of hydroxylamine groups is 1. The first-order valence-corrected chi connectivity index (χ1v) is 12.1. The van der Waals surface area contributed by atoms with Crippen molar-refractivity contribution in [3.63, 3.8) is 0 Å². The molecular formula is C28H37N3O4. The van der Waals surface area contributed by atoms with Gasteiger partial charge < -0.3 is 14.6 Å². The summed E-state index contributed by atoms with van der Waals surface area (Å²) >= 11 is 0. The van der Waals surface area contributed by atoms with E-state index in [1.807, 2.05) is 48.5 Å². The van der Waals surface area contributed by atoms with Gasteiger partial charge in [0.15, 0.2) is 0 Å². The second-order valence-electron chi connectivity index (χ2n) is 10.2. The zero-order chi connectivity index (χ0) is 25.4. The van der Waals surface area contributed by atoms with Crippen molar-refractivity contribution in [2.45, 2.75) is 72.3 Å². The van der Waals surface area contributed by atoms with E-state index < -0.39 is 23.6 Å². The van der Waals surface area contributed by atoms with E-state index in [4.69, 9.17) is 9.57 Å². The van der Waals surface area contributed by atoms with Crippen LogP contribution in [0.25, 0.3) is 10.9 Å². The van der Waals surface area contributed by atoms with Crippen LogP contribution in [0.4, 0.5) is 4.79 Å². The van der Waals surface area contributed by atoms with Crippen molar-refractivity contribution in [1.29, 1.82) is 0 Å². The molecule has 2 aromatic carbocycles. The third-order valence-electron chi connectivity index (χ3n) is 5.50. The van der Waals surface area contributed by atoms with Crippen molar-refractivity contribution in [1.82, 2.24) is 15.4 Å². The molecule has 0 radical (unpaired) electrons. The van der Waals surface area contributed by atoms with E-state index >= 15 is 0 Å². The lowest BCUT2D eigenvalue weighted by Crippen LogP contribution is -2.49. The van der Waals surface area contributed by atoms with Crippen LogP contribution in [0, 0.1) is 5.92 Å². The molecular weight excluding hydrogens is 442 g/mol. The number of carbonyl (C=O) groups is 2. The number of rotatable bonds is 10. The van der Waals surface area contributed by atoms with Crippen LogP contribution >= 0.6 is 0 Å². The molecule has 0 saturated carbocycles. The molecule has 1 aromatic heterocycles.